The smallest absolute Gasteiger partial charge is 0.257 e. The lowest BCUT2D eigenvalue weighted by molar-refractivity contribution is -0.132. The van der Waals surface area contributed by atoms with Gasteiger partial charge >= 0.3 is 0 Å². The summed E-state index contributed by atoms with van der Waals surface area (Å²) in [5.74, 6) is 0.685. The summed E-state index contributed by atoms with van der Waals surface area (Å²) < 4.78 is 30.8. The summed E-state index contributed by atoms with van der Waals surface area (Å²) in [5, 5.41) is 8.81. The topological polar surface area (TPSA) is 97.3 Å². The summed E-state index contributed by atoms with van der Waals surface area (Å²) >= 11 is 0. The Labute approximate surface area is 238 Å². The fourth-order valence-electron chi connectivity index (χ4n) is 5.15. The SMILES string of the molecule is COc1ccc(-c2ccc(N3CCN(C(=O)CN(C[C@@H]4CCCO4)C(=O)c4ccccc4F)CC3)nn2)cc1OC. The van der Waals surface area contributed by atoms with E-state index in [9.17, 15) is 14.0 Å². The van der Waals surface area contributed by atoms with Gasteiger partial charge in [0, 0.05) is 44.9 Å². The molecule has 1 atom stereocenters. The van der Waals surface area contributed by atoms with Crippen molar-refractivity contribution in [2.24, 2.45) is 0 Å². The standard InChI is InChI=1S/C30H34FN5O5/c1-39-26-11-9-21(18-27(26)40-2)25-10-12-28(33-32-25)34-13-15-35(16-14-34)29(37)20-36(19-22-6-5-17-41-22)30(38)23-7-3-4-8-24(23)31/h3-4,7-12,18,22H,5-6,13-17,19-20H2,1-2H3/t22-/m0/s1. The van der Waals surface area contributed by atoms with Crippen molar-refractivity contribution in [2.45, 2.75) is 18.9 Å². The van der Waals surface area contributed by atoms with Gasteiger partial charge in [-0.1, -0.05) is 12.1 Å². The van der Waals surface area contributed by atoms with Gasteiger partial charge in [0.05, 0.1) is 31.6 Å². The molecule has 0 aliphatic carbocycles. The molecule has 216 valence electrons. The highest BCUT2D eigenvalue weighted by molar-refractivity contribution is 5.96. The fourth-order valence-corrected chi connectivity index (χ4v) is 5.15. The Kier molecular flexibility index (Phi) is 8.93. The van der Waals surface area contributed by atoms with Crippen molar-refractivity contribution in [1.29, 1.82) is 0 Å². The second-order valence-electron chi connectivity index (χ2n) is 10.0. The summed E-state index contributed by atoms with van der Waals surface area (Å²) in [4.78, 5) is 31.7. The summed E-state index contributed by atoms with van der Waals surface area (Å²) in [6, 6.07) is 15.2. The number of nitrogens with zero attached hydrogens (tertiary/aromatic N) is 5. The largest absolute Gasteiger partial charge is 0.493 e. The van der Waals surface area contributed by atoms with E-state index >= 15 is 0 Å². The van der Waals surface area contributed by atoms with Crippen LogP contribution in [0.25, 0.3) is 11.3 Å². The molecule has 2 aliphatic rings. The van der Waals surface area contributed by atoms with Gasteiger partial charge in [0.1, 0.15) is 12.4 Å². The number of amides is 2. The number of halogens is 1. The summed E-state index contributed by atoms with van der Waals surface area (Å²) in [7, 11) is 3.18. The number of carbonyl (C=O) groups is 2. The van der Waals surface area contributed by atoms with Crippen molar-refractivity contribution in [2.75, 3.05) is 65.0 Å². The molecular weight excluding hydrogens is 529 g/mol. The molecule has 10 nitrogen and oxygen atoms in total. The lowest BCUT2D eigenvalue weighted by atomic mass is 10.1. The van der Waals surface area contributed by atoms with E-state index in [1.807, 2.05) is 30.3 Å². The molecule has 11 heteroatoms. The first-order valence-electron chi connectivity index (χ1n) is 13.7. The average molecular weight is 564 g/mol. The molecule has 0 N–H and O–H groups in total. The third-order valence-corrected chi connectivity index (χ3v) is 7.45. The average Bonchev–Trinajstić information content (AvgIpc) is 3.53. The molecule has 2 fully saturated rings. The number of benzene rings is 2. The van der Waals surface area contributed by atoms with Crippen LogP contribution in [0.15, 0.2) is 54.6 Å². The van der Waals surface area contributed by atoms with Gasteiger partial charge in [-0.15, -0.1) is 10.2 Å². The van der Waals surface area contributed by atoms with E-state index in [0.717, 1.165) is 24.2 Å². The van der Waals surface area contributed by atoms with Gasteiger partial charge < -0.3 is 28.9 Å². The zero-order valence-corrected chi connectivity index (χ0v) is 23.3. The fraction of sp³-hybridized carbons (Fsp3) is 0.400. The van der Waals surface area contributed by atoms with Gasteiger partial charge in [0.25, 0.3) is 5.91 Å². The minimum absolute atomic E-state index is 0.0433. The Balaban J connectivity index is 1.20. The molecule has 3 aromatic rings. The maximum absolute atomic E-state index is 14.4. The number of anilines is 1. The highest BCUT2D eigenvalue weighted by Gasteiger charge is 2.29. The van der Waals surface area contributed by atoms with E-state index in [0.29, 0.717) is 50.0 Å². The molecule has 3 heterocycles. The van der Waals surface area contributed by atoms with E-state index in [1.165, 1.54) is 23.1 Å². The van der Waals surface area contributed by atoms with Gasteiger partial charge in [0.2, 0.25) is 5.91 Å². The van der Waals surface area contributed by atoms with Crippen molar-refractivity contribution in [3.63, 3.8) is 0 Å². The summed E-state index contributed by atoms with van der Waals surface area (Å²) in [6.07, 6.45) is 1.55. The van der Waals surface area contributed by atoms with Gasteiger partial charge in [-0.3, -0.25) is 9.59 Å². The third kappa shape index (κ3) is 6.57. The Morgan fingerprint density at radius 1 is 1.00 bits per heavy atom. The minimum atomic E-state index is -0.603. The first-order valence-corrected chi connectivity index (χ1v) is 13.7. The molecule has 0 bridgehead atoms. The van der Waals surface area contributed by atoms with Gasteiger partial charge in [-0.2, -0.15) is 0 Å². The number of ether oxygens (including phenoxy) is 3. The number of methoxy groups -OCH3 is 2. The van der Waals surface area contributed by atoms with Crippen molar-refractivity contribution in [1.82, 2.24) is 20.0 Å². The number of piperazine rings is 1. The zero-order chi connectivity index (χ0) is 28.8. The van der Waals surface area contributed by atoms with Crippen LogP contribution < -0.4 is 14.4 Å². The number of rotatable bonds is 9. The van der Waals surface area contributed by atoms with Crippen molar-refractivity contribution >= 4 is 17.6 Å². The number of hydrogen-bond acceptors (Lipinski definition) is 8. The van der Waals surface area contributed by atoms with E-state index in [2.05, 4.69) is 15.1 Å². The second-order valence-corrected chi connectivity index (χ2v) is 10.0. The molecule has 0 radical (unpaired) electrons. The highest BCUT2D eigenvalue weighted by Crippen LogP contribution is 2.31. The summed E-state index contributed by atoms with van der Waals surface area (Å²) in [6.45, 7) is 2.83. The van der Waals surface area contributed by atoms with Crippen LogP contribution in [0, 0.1) is 5.82 Å². The zero-order valence-electron chi connectivity index (χ0n) is 23.3. The molecule has 0 saturated carbocycles. The van der Waals surface area contributed by atoms with Crippen LogP contribution in [0.5, 0.6) is 11.5 Å². The van der Waals surface area contributed by atoms with Gasteiger partial charge in [-0.05, 0) is 55.3 Å². The van der Waals surface area contributed by atoms with E-state index in [1.54, 1.807) is 25.2 Å². The maximum Gasteiger partial charge on any atom is 0.257 e. The van der Waals surface area contributed by atoms with Crippen LogP contribution >= 0.6 is 0 Å². The Hall–Kier alpha value is -4.25. The number of hydrogen-bond donors (Lipinski definition) is 0. The van der Waals surface area contributed by atoms with E-state index in [-0.39, 0.29) is 30.7 Å². The maximum atomic E-state index is 14.4. The highest BCUT2D eigenvalue weighted by atomic mass is 19.1. The normalized spacial score (nSPS) is 16.9. The predicted octanol–water partition coefficient (Wildman–Crippen LogP) is 3.27. The monoisotopic (exact) mass is 563 g/mol. The van der Waals surface area contributed by atoms with Crippen LogP contribution in [0.4, 0.5) is 10.2 Å². The van der Waals surface area contributed by atoms with Crippen molar-refractivity contribution in [3.05, 3.63) is 66.0 Å². The first-order chi connectivity index (χ1) is 20.0. The molecule has 0 unspecified atom stereocenters. The quantitative estimate of drug-likeness (QED) is 0.392. The van der Waals surface area contributed by atoms with Crippen LogP contribution in [0.1, 0.15) is 23.2 Å². The van der Waals surface area contributed by atoms with Crippen LogP contribution in [-0.2, 0) is 9.53 Å². The third-order valence-electron chi connectivity index (χ3n) is 7.45. The lowest BCUT2D eigenvalue weighted by Gasteiger charge is -2.36. The molecule has 2 aliphatic heterocycles. The predicted molar refractivity (Wildman–Crippen MR) is 151 cm³/mol. The summed E-state index contributed by atoms with van der Waals surface area (Å²) in [5.41, 5.74) is 1.52. The molecule has 2 aromatic carbocycles. The van der Waals surface area contributed by atoms with E-state index < -0.39 is 11.7 Å². The Bertz CT molecular complexity index is 1360. The molecule has 41 heavy (non-hydrogen) atoms. The lowest BCUT2D eigenvalue weighted by Crippen LogP contribution is -2.52. The molecule has 2 amide bonds. The molecule has 0 spiro atoms. The Morgan fingerprint density at radius 3 is 2.44 bits per heavy atom. The van der Waals surface area contributed by atoms with E-state index in [4.69, 9.17) is 14.2 Å². The molecule has 5 rings (SSSR count). The van der Waals surface area contributed by atoms with Crippen LogP contribution in [0.2, 0.25) is 0 Å². The van der Waals surface area contributed by atoms with Crippen LogP contribution in [-0.4, -0.2) is 98.0 Å². The molecular formula is C30H34FN5O5. The minimum Gasteiger partial charge on any atom is -0.493 e. The number of carbonyl (C=O) groups excluding carboxylic acids is 2. The Morgan fingerprint density at radius 2 is 1.78 bits per heavy atom. The molecule has 1 aromatic heterocycles. The van der Waals surface area contributed by atoms with Crippen LogP contribution in [0.3, 0.4) is 0 Å². The van der Waals surface area contributed by atoms with Gasteiger partial charge in [-0.25, -0.2) is 4.39 Å². The first kappa shape index (κ1) is 28.3. The second kappa shape index (κ2) is 12.9. The molecule has 2 saturated heterocycles. The van der Waals surface area contributed by atoms with Crippen molar-refractivity contribution in [3.8, 4) is 22.8 Å². The number of aromatic nitrogens is 2. The van der Waals surface area contributed by atoms with Gasteiger partial charge in [0.15, 0.2) is 17.3 Å². The van der Waals surface area contributed by atoms with Crippen molar-refractivity contribution < 1.29 is 28.2 Å².